The van der Waals surface area contributed by atoms with Crippen LogP contribution >= 0.6 is 11.3 Å². The van der Waals surface area contributed by atoms with Crippen LogP contribution in [0.2, 0.25) is 0 Å². The zero-order chi connectivity index (χ0) is 11.7. The number of carbonyl (C=O) groups is 1. The fourth-order valence-electron chi connectivity index (χ4n) is 0.969. The van der Waals surface area contributed by atoms with E-state index in [0.717, 1.165) is 11.3 Å². The van der Waals surface area contributed by atoms with E-state index in [1.54, 1.807) is 18.3 Å². The number of nitrogens with zero attached hydrogens (tertiary/aromatic N) is 2. The van der Waals surface area contributed by atoms with Crippen LogP contribution in [0.5, 0.6) is 0 Å². The lowest BCUT2D eigenvalue weighted by molar-refractivity contribution is -0.128. The van der Waals surface area contributed by atoms with Crippen LogP contribution in [0.1, 0.15) is 19.5 Å². The summed E-state index contributed by atoms with van der Waals surface area (Å²) in [5.74, 6) is 5.15. The van der Waals surface area contributed by atoms with E-state index in [1.165, 1.54) is 5.69 Å². The number of aromatic nitrogens is 1. The quantitative estimate of drug-likeness (QED) is 0.476. The predicted molar refractivity (Wildman–Crippen MR) is 60.2 cm³/mol. The van der Waals surface area contributed by atoms with Gasteiger partial charge in [0.15, 0.2) is 0 Å². The summed E-state index contributed by atoms with van der Waals surface area (Å²) in [6.07, 6.45) is 0. The van der Waals surface area contributed by atoms with E-state index in [1.807, 2.05) is 0 Å². The molecule has 2 N–H and O–H groups in total. The number of nitrogens with two attached hydrogens (primary N) is 1. The van der Waals surface area contributed by atoms with Gasteiger partial charge in [0.2, 0.25) is 4.80 Å². The van der Waals surface area contributed by atoms with Crippen molar-refractivity contribution in [3.63, 3.8) is 0 Å². The Labute approximate surface area is 93.2 Å². The molecule has 0 amide bonds. The Balaban J connectivity index is 0.000000336. The third-order valence-corrected chi connectivity index (χ3v) is 2.65. The molecule has 1 aromatic heterocycles. The Morgan fingerprint density at radius 3 is 2.60 bits per heavy atom. The highest BCUT2D eigenvalue weighted by Crippen LogP contribution is 1.97. The van der Waals surface area contributed by atoms with Gasteiger partial charge in [-0.15, -0.1) is 11.3 Å². The normalized spacial score (nSPS) is 10.5. The number of rotatable bonds is 3. The smallest absolute Gasteiger partial charge is 0.293 e. The second kappa shape index (κ2) is 8.05. The number of thiazole rings is 1. The monoisotopic (exact) mass is 231 g/mol. The van der Waals surface area contributed by atoms with E-state index < -0.39 is 0 Å². The Morgan fingerprint density at radius 2 is 2.33 bits per heavy atom. The molecule has 0 saturated carbocycles. The minimum atomic E-state index is 0.431. The molecule has 0 aliphatic heterocycles. The third-order valence-electron chi connectivity index (χ3n) is 1.65. The molecule has 0 radical (unpaired) electrons. The second-order valence-electron chi connectivity index (χ2n) is 2.58. The number of carbonyl (C=O) groups excluding carboxylic acids is 1. The van der Waals surface area contributed by atoms with Gasteiger partial charge in [-0.05, 0) is 20.8 Å². The molecule has 0 saturated heterocycles. The van der Waals surface area contributed by atoms with E-state index in [-0.39, 0.29) is 0 Å². The average Bonchev–Trinajstić information content (AvgIpc) is 2.61. The number of hydrogen-bond acceptors (Lipinski definition) is 5. The molecular weight excluding hydrogens is 214 g/mol. The maximum atomic E-state index is 9.18. The fourth-order valence-corrected chi connectivity index (χ4v) is 1.83. The molecule has 5 nitrogen and oxygen atoms in total. The molecule has 0 aliphatic carbocycles. The molecule has 15 heavy (non-hydrogen) atoms. The standard InChI is InChI=1S/C6H11N3S.C3H6O2/c1-3-9-5(2)4-10-6(9)8-7;1-2-5-3-4/h4H,3,7H2,1-2H3;3H,2H2,1H3. The summed E-state index contributed by atoms with van der Waals surface area (Å²) in [6, 6.07) is 0. The number of ether oxygens (including phenoxy) is 1. The van der Waals surface area contributed by atoms with Crippen molar-refractivity contribution in [1.82, 2.24) is 4.57 Å². The summed E-state index contributed by atoms with van der Waals surface area (Å²) in [5.41, 5.74) is 1.22. The van der Waals surface area contributed by atoms with E-state index in [0.29, 0.717) is 13.1 Å². The van der Waals surface area contributed by atoms with Crippen LogP contribution < -0.4 is 10.6 Å². The van der Waals surface area contributed by atoms with Gasteiger partial charge in [0, 0.05) is 17.6 Å². The Morgan fingerprint density at radius 1 is 1.67 bits per heavy atom. The molecule has 0 unspecified atom stereocenters. The van der Waals surface area contributed by atoms with Gasteiger partial charge in [0.25, 0.3) is 6.47 Å². The first-order chi connectivity index (χ1) is 7.21. The molecule has 0 aromatic carbocycles. The van der Waals surface area contributed by atoms with Crippen LogP contribution in [0.4, 0.5) is 0 Å². The zero-order valence-electron chi connectivity index (χ0n) is 9.27. The first-order valence-corrected chi connectivity index (χ1v) is 5.53. The minimum Gasteiger partial charge on any atom is -0.468 e. The molecule has 86 valence electrons. The summed E-state index contributed by atoms with van der Waals surface area (Å²) >= 11 is 1.57. The van der Waals surface area contributed by atoms with E-state index >= 15 is 0 Å². The SMILES string of the molecule is CCOC=O.CCn1c(C)csc1=NN. The second-order valence-corrected chi connectivity index (χ2v) is 3.42. The van der Waals surface area contributed by atoms with Gasteiger partial charge in [-0.3, -0.25) is 4.79 Å². The van der Waals surface area contributed by atoms with Crippen molar-refractivity contribution in [3.05, 3.63) is 15.9 Å². The van der Waals surface area contributed by atoms with Crippen molar-refractivity contribution in [2.75, 3.05) is 6.61 Å². The van der Waals surface area contributed by atoms with E-state index in [9.17, 15) is 4.79 Å². The largest absolute Gasteiger partial charge is 0.468 e. The molecule has 0 aliphatic rings. The first kappa shape index (κ1) is 13.7. The lowest BCUT2D eigenvalue weighted by Gasteiger charge is -1.97. The summed E-state index contributed by atoms with van der Waals surface area (Å²) in [6.45, 7) is 7.73. The summed E-state index contributed by atoms with van der Waals surface area (Å²) < 4.78 is 6.23. The van der Waals surface area contributed by atoms with Crippen LogP contribution in [0.15, 0.2) is 10.5 Å². The van der Waals surface area contributed by atoms with Gasteiger partial charge in [0.05, 0.1) is 6.61 Å². The molecule has 1 aromatic rings. The maximum Gasteiger partial charge on any atom is 0.293 e. The molecule has 1 rings (SSSR count). The third kappa shape index (κ3) is 4.64. The molecule has 0 fully saturated rings. The molecule has 1 heterocycles. The van der Waals surface area contributed by atoms with Gasteiger partial charge in [-0.1, -0.05) is 0 Å². The number of hydrogen-bond donors (Lipinski definition) is 1. The highest BCUT2D eigenvalue weighted by molar-refractivity contribution is 7.07. The van der Waals surface area contributed by atoms with Crippen LogP contribution in [0, 0.1) is 6.92 Å². The maximum absolute atomic E-state index is 9.18. The summed E-state index contributed by atoms with van der Waals surface area (Å²) in [5, 5.41) is 5.69. The van der Waals surface area contributed by atoms with Crippen molar-refractivity contribution >= 4 is 17.8 Å². The fraction of sp³-hybridized carbons (Fsp3) is 0.556. The summed E-state index contributed by atoms with van der Waals surface area (Å²) in [7, 11) is 0. The van der Waals surface area contributed by atoms with Crippen LogP contribution in [0.25, 0.3) is 0 Å². The lowest BCUT2D eigenvalue weighted by atomic mass is 10.5. The zero-order valence-corrected chi connectivity index (χ0v) is 10.1. The molecule has 0 spiro atoms. The molecular formula is C9H17N3O2S. The van der Waals surface area contributed by atoms with Crippen LogP contribution in [0.3, 0.4) is 0 Å². The van der Waals surface area contributed by atoms with Crippen molar-refractivity contribution in [2.45, 2.75) is 27.3 Å². The van der Waals surface area contributed by atoms with E-state index in [4.69, 9.17) is 5.84 Å². The lowest BCUT2D eigenvalue weighted by Crippen LogP contribution is -2.16. The molecule has 6 heteroatoms. The number of aryl methyl sites for hydroxylation is 1. The minimum absolute atomic E-state index is 0.431. The van der Waals surface area contributed by atoms with Gasteiger partial charge in [-0.2, -0.15) is 5.10 Å². The van der Waals surface area contributed by atoms with Crippen LogP contribution in [-0.4, -0.2) is 17.6 Å². The Hall–Kier alpha value is -1.30. The average molecular weight is 231 g/mol. The van der Waals surface area contributed by atoms with Gasteiger partial charge in [0.1, 0.15) is 0 Å². The van der Waals surface area contributed by atoms with Crippen LogP contribution in [-0.2, 0) is 16.1 Å². The summed E-state index contributed by atoms with van der Waals surface area (Å²) in [4.78, 5) is 10.1. The van der Waals surface area contributed by atoms with Crippen molar-refractivity contribution in [2.24, 2.45) is 10.9 Å². The predicted octanol–water partition coefficient (Wildman–Crippen LogP) is 0.832. The van der Waals surface area contributed by atoms with Crippen molar-refractivity contribution in [1.29, 1.82) is 0 Å². The van der Waals surface area contributed by atoms with E-state index in [2.05, 4.69) is 33.6 Å². The van der Waals surface area contributed by atoms with Gasteiger partial charge in [-0.25, -0.2) is 0 Å². The first-order valence-electron chi connectivity index (χ1n) is 4.65. The topological polar surface area (TPSA) is 69.6 Å². The van der Waals surface area contributed by atoms with Gasteiger partial charge < -0.3 is 15.1 Å². The Bertz CT molecular complexity index is 343. The molecule has 0 bridgehead atoms. The Kier molecular flexibility index (Phi) is 7.35. The van der Waals surface area contributed by atoms with Crippen molar-refractivity contribution in [3.8, 4) is 0 Å². The van der Waals surface area contributed by atoms with Crippen molar-refractivity contribution < 1.29 is 9.53 Å². The highest BCUT2D eigenvalue weighted by Gasteiger charge is 1.95. The molecule has 0 atom stereocenters. The van der Waals surface area contributed by atoms with Gasteiger partial charge >= 0.3 is 0 Å². The highest BCUT2D eigenvalue weighted by atomic mass is 32.1.